The van der Waals surface area contributed by atoms with Crippen molar-refractivity contribution >= 4 is 17.2 Å². The predicted molar refractivity (Wildman–Crippen MR) is 87.9 cm³/mol. The van der Waals surface area contributed by atoms with Crippen molar-refractivity contribution in [1.29, 1.82) is 0 Å². The van der Waals surface area contributed by atoms with Gasteiger partial charge in [0.1, 0.15) is 11.5 Å². The maximum atomic E-state index is 4.82. The highest BCUT2D eigenvalue weighted by molar-refractivity contribution is 7.09. The molecule has 2 aromatic rings. The highest BCUT2D eigenvalue weighted by Crippen LogP contribution is 2.28. The maximum absolute atomic E-state index is 4.82. The Balaban J connectivity index is 2.03. The smallest absolute Gasteiger partial charge is 0.181 e. The van der Waals surface area contributed by atoms with Gasteiger partial charge in [0.25, 0.3) is 0 Å². The minimum atomic E-state index is 0.776. The van der Waals surface area contributed by atoms with Gasteiger partial charge in [-0.1, -0.05) is 13.3 Å². The van der Waals surface area contributed by atoms with Gasteiger partial charge in [0.2, 0.25) is 0 Å². The maximum Gasteiger partial charge on any atom is 0.181 e. The molecular weight excluding hydrogens is 280 g/mol. The Morgan fingerprint density at radius 2 is 2.00 bits per heavy atom. The van der Waals surface area contributed by atoms with Gasteiger partial charge in [0.05, 0.1) is 5.01 Å². The molecule has 0 spiro atoms. The number of nitrogens with one attached hydrogen (secondary N) is 1. The van der Waals surface area contributed by atoms with E-state index in [-0.39, 0.29) is 0 Å². The van der Waals surface area contributed by atoms with Gasteiger partial charge in [0.15, 0.2) is 5.82 Å². The van der Waals surface area contributed by atoms with Gasteiger partial charge in [-0.3, -0.25) is 0 Å². The second-order valence-corrected chi connectivity index (χ2v) is 6.62. The third kappa shape index (κ3) is 3.23. The van der Waals surface area contributed by atoms with E-state index >= 15 is 0 Å². The molecule has 4 nitrogen and oxygen atoms in total. The van der Waals surface area contributed by atoms with Crippen LogP contribution in [0, 0.1) is 6.92 Å². The van der Waals surface area contributed by atoms with Crippen LogP contribution in [0.1, 0.15) is 48.9 Å². The van der Waals surface area contributed by atoms with Gasteiger partial charge in [0, 0.05) is 23.2 Å². The number of hydrogen-bond acceptors (Lipinski definition) is 5. The Kier molecular flexibility index (Phi) is 4.48. The number of thiazole rings is 1. The van der Waals surface area contributed by atoms with E-state index in [1.807, 2.05) is 6.92 Å². The average molecular weight is 302 g/mol. The highest BCUT2D eigenvalue weighted by atomic mass is 32.1. The summed E-state index contributed by atoms with van der Waals surface area (Å²) >= 11 is 1.65. The normalized spacial score (nSPS) is 14.6. The van der Waals surface area contributed by atoms with Crippen LogP contribution in [0.4, 0.5) is 5.82 Å². The first-order valence-corrected chi connectivity index (χ1v) is 8.72. The van der Waals surface area contributed by atoms with E-state index in [1.54, 1.807) is 11.3 Å². The molecule has 0 fully saturated rings. The molecule has 2 aromatic heterocycles. The van der Waals surface area contributed by atoms with Gasteiger partial charge in [-0.2, -0.15) is 0 Å². The number of aromatic nitrogens is 3. The van der Waals surface area contributed by atoms with Crippen molar-refractivity contribution in [3.63, 3.8) is 0 Å². The summed E-state index contributed by atoms with van der Waals surface area (Å²) in [6, 6.07) is 0. The summed E-state index contributed by atoms with van der Waals surface area (Å²) in [5.41, 5.74) is 3.46. The minimum absolute atomic E-state index is 0.776. The first-order chi connectivity index (χ1) is 10.3. The van der Waals surface area contributed by atoms with Crippen molar-refractivity contribution in [3.8, 4) is 11.5 Å². The standard InChI is InChI=1S/C16H22N4S/c1-3-9-17-15-12-7-5-4-6-8-13(12)19-16(20-15)14-10-21-11(2)18-14/h10H,3-9H2,1-2H3,(H,17,19,20). The van der Waals surface area contributed by atoms with E-state index in [0.717, 1.165) is 48.2 Å². The second-order valence-electron chi connectivity index (χ2n) is 5.56. The molecule has 0 saturated heterocycles. The zero-order valence-electron chi connectivity index (χ0n) is 12.8. The van der Waals surface area contributed by atoms with Crippen LogP contribution in [0.15, 0.2) is 5.38 Å². The van der Waals surface area contributed by atoms with Crippen molar-refractivity contribution < 1.29 is 0 Å². The van der Waals surface area contributed by atoms with Crippen molar-refractivity contribution in [2.75, 3.05) is 11.9 Å². The Labute approximate surface area is 130 Å². The van der Waals surface area contributed by atoms with E-state index in [1.165, 1.54) is 30.5 Å². The third-order valence-corrected chi connectivity index (χ3v) is 4.60. The Morgan fingerprint density at radius 1 is 1.14 bits per heavy atom. The lowest BCUT2D eigenvalue weighted by molar-refractivity contribution is 0.709. The second kappa shape index (κ2) is 6.52. The summed E-state index contributed by atoms with van der Waals surface area (Å²) in [4.78, 5) is 14.1. The predicted octanol–water partition coefficient (Wildman–Crippen LogP) is 4.00. The van der Waals surface area contributed by atoms with Crippen molar-refractivity contribution in [3.05, 3.63) is 21.6 Å². The molecule has 1 aliphatic rings. The molecule has 0 unspecified atom stereocenters. The molecule has 0 saturated carbocycles. The van der Waals surface area contributed by atoms with E-state index in [9.17, 15) is 0 Å². The van der Waals surface area contributed by atoms with Crippen LogP contribution in [-0.4, -0.2) is 21.5 Å². The number of anilines is 1. The van der Waals surface area contributed by atoms with Crippen molar-refractivity contribution in [1.82, 2.24) is 15.0 Å². The largest absolute Gasteiger partial charge is 0.370 e. The number of rotatable bonds is 4. The summed E-state index contributed by atoms with van der Waals surface area (Å²) in [6.07, 6.45) is 7.02. The lowest BCUT2D eigenvalue weighted by atomic mass is 10.1. The van der Waals surface area contributed by atoms with Gasteiger partial charge in [-0.25, -0.2) is 15.0 Å². The Morgan fingerprint density at radius 3 is 2.76 bits per heavy atom. The van der Waals surface area contributed by atoms with E-state index in [4.69, 9.17) is 9.97 Å². The fourth-order valence-corrected chi connectivity index (χ4v) is 3.33. The minimum Gasteiger partial charge on any atom is -0.370 e. The average Bonchev–Trinajstić information content (AvgIpc) is 2.78. The summed E-state index contributed by atoms with van der Waals surface area (Å²) < 4.78 is 0. The van der Waals surface area contributed by atoms with Crippen LogP contribution in [0.25, 0.3) is 11.5 Å². The van der Waals surface area contributed by atoms with Crippen LogP contribution < -0.4 is 5.32 Å². The topological polar surface area (TPSA) is 50.7 Å². The van der Waals surface area contributed by atoms with Crippen LogP contribution in [-0.2, 0) is 12.8 Å². The fraction of sp³-hybridized carbons (Fsp3) is 0.562. The molecule has 2 heterocycles. The zero-order valence-corrected chi connectivity index (χ0v) is 13.6. The van der Waals surface area contributed by atoms with Crippen LogP contribution >= 0.6 is 11.3 Å². The molecule has 0 aromatic carbocycles. The summed E-state index contributed by atoms with van der Waals surface area (Å²) in [5.74, 6) is 1.81. The molecule has 0 bridgehead atoms. The molecule has 1 aliphatic carbocycles. The molecular formula is C16H22N4S. The molecule has 5 heteroatoms. The number of fused-ring (bicyclic) bond motifs is 1. The van der Waals surface area contributed by atoms with Crippen molar-refractivity contribution in [2.24, 2.45) is 0 Å². The lowest BCUT2D eigenvalue weighted by Crippen LogP contribution is -2.10. The van der Waals surface area contributed by atoms with Crippen LogP contribution in [0.5, 0.6) is 0 Å². The first kappa shape index (κ1) is 14.4. The van der Waals surface area contributed by atoms with Crippen LogP contribution in [0.3, 0.4) is 0 Å². The van der Waals surface area contributed by atoms with E-state index in [0.29, 0.717) is 0 Å². The van der Waals surface area contributed by atoms with Gasteiger partial charge >= 0.3 is 0 Å². The zero-order chi connectivity index (χ0) is 14.7. The molecule has 0 atom stereocenters. The van der Waals surface area contributed by atoms with Crippen molar-refractivity contribution in [2.45, 2.75) is 52.4 Å². The molecule has 0 amide bonds. The summed E-state index contributed by atoms with van der Waals surface area (Å²) in [6.45, 7) is 5.16. The third-order valence-electron chi connectivity index (χ3n) is 3.82. The molecule has 1 N–H and O–H groups in total. The summed E-state index contributed by atoms with van der Waals surface area (Å²) in [7, 11) is 0. The Bertz CT molecular complexity index is 621. The highest BCUT2D eigenvalue weighted by Gasteiger charge is 2.18. The number of nitrogens with zero attached hydrogens (tertiary/aromatic N) is 3. The fourth-order valence-electron chi connectivity index (χ4n) is 2.74. The van der Waals surface area contributed by atoms with Gasteiger partial charge in [-0.15, -0.1) is 11.3 Å². The monoisotopic (exact) mass is 302 g/mol. The van der Waals surface area contributed by atoms with Gasteiger partial charge in [-0.05, 0) is 39.0 Å². The number of hydrogen-bond donors (Lipinski definition) is 1. The number of aryl methyl sites for hydroxylation is 2. The van der Waals surface area contributed by atoms with Gasteiger partial charge < -0.3 is 5.32 Å². The van der Waals surface area contributed by atoms with E-state index < -0.39 is 0 Å². The first-order valence-electron chi connectivity index (χ1n) is 7.84. The molecule has 3 rings (SSSR count). The molecule has 0 aliphatic heterocycles. The Hall–Kier alpha value is -1.49. The van der Waals surface area contributed by atoms with Crippen LogP contribution in [0.2, 0.25) is 0 Å². The quantitative estimate of drug-likeness (QED) is 0.867. The SMILES string of the molecule is CCCNc1nc(-c2csc(C)n2)nc2c1CCCCC2. The molecule has 112 valence electrons. The molecule has 0 radical (unpaired) electrons. The van der Waals surface area contributed by atoms with E-state index in [2.05, 4.69) is 22.6 Å². The lowest BCUT2D eigenvalue weighted by Gasteiger charge is -2.14. The molecule has 21 heavy (non-hydrogen) atoms. The summed E-state index contributed by atoms with van der Waals surface area (Å²) in [5, 5.41) is 6.61.